The van der Waals surface area contributed by atoms with Gasteiger partial charge in [-0.2, -0.15) is 0 Å². The van der Waals surface area contributed by atoms with Crippen LogP contribution in [-0.2, 0) is 6.42 Å². The van der Waals surface area contributed by atoms with Crippen LogP contribution in [0.15, 0.2) is 12.1 Å². The molecule has 0 aliphatic heterocycles. The van der Waals surface area contributed by atoms with Crippen LogP contribution in [0.5, 0.6) is 11.5 Å². The van der Waals surface area contributed by atoms with Crippen molar-refractivity contribution in [3.63, 3.8) is 0 Å². The molecule has 6 nitrogen and oxygen atoms in total. The molecule has 94 valence electrons. The highest BCUT2D eigenvalue weighted by atomic mass is 16.6. The molecule has 0 unspecified atom stereocenters. The van der Waals surface area contributed by atoms with Gasteiger partial charge in [0.2, 0.25) is 0 Å². The average molecular weight is 241 g/mol. The van der Waals surface area contributed by atoms with Gasteiger partial charge in [0, 0.05) is 12.0 Å². The molecular formula is C11H15NO5. The van der Waals surface area contributed by atoms with E-state index in [2.05, 4.69) is 0 Å². The molecule has 0 aliphatic carbocycles. The zero-order valence-electron chi connectivity index (χ0n) is 9.97. The zero-order chi connectivity index (χ0) is 13.0. The first-order chi connectivity index (χ1) is 7.99. The highest BCUT2D eigenvalue weighted by Gasteiger charge is 2.20. The minimum Gasteiger partial charge on any atom is -0.493 e. The lowest BCUT2D eigenvalue weighted by molar-refractivity contribution is -0.385. The monoisotopic (exact) mass is 241 g/mol. The van der Waals surface area contributed by atoms with Crippen molar-refractivity contribution in [1.29, 1.82) is 0 Å². The van der Waals surface area contributed by atoms with Gasteiger partial charge in [0.05, 0.1) is 31.3 Å². The Morgan fingerprint density at radius 3 is 2.29 bits per heavy atom. The van der Waals surface area contributed by atoms with Gasteiger partial charge in [0.15, 0.2) is 11.5 Å². The number of methoxy groups -OCH3 is 2. The van der Waals surface area contributed by atoms with Crippen molar-refractivity contribution >= 4 is 5.69 Å². The Morgan fingerprint density at radius 1 is 1.35 bits per heavy atom. The average Bonchev–Trinajstić information content (AvgIpc) is 2.27. The molecule has 17 heavy (non-hydrogen) atoms. The fourth-order valence-electron chi connectivity index (χ4n) is 1.56. The van der Waals surface area contributed by atoms with E-state index in [0.717, 1.165) is 0 Å². The third-order valence-electron chi connectivity index (χ3n) is 2.30. The van der Waals surface area contributed by atoms with Gasteiger partial charge >= 0.3 is 0 Å². The van der Waals surface area contributed by atoms with E-state index >= 15 is 0 Å². The second-order valence-electron chi connectivity index (χ2n) is 3.65. The van der Waals surface area contributed by atoms with Crippen molar-refractivity contribution in [3.8, 4) is 11.5 Å². The summed E-state index contributed by atoms with van der Waals surface area (Å²) in [5.74, 6) is 0.710. The van der Waals surface area contributed by atoms with Crippen LogP contribution >= 0.6 is 0 Å². The van der Waals surface area contributed by atoms with E-state index in [0.29, 0.717) is 17.1 Å². The van der Waals surface area contributed by atoms with Crippen molar-refractivity contribution in [2.45, 2.75) is 19.4 Å². The number of nitro groups is 1. The summed E-state index contributed by atoms with van der Waals surface area (Å²) in [6.07, 6.45) is -0.469. The van der Waals surface area contributed by atoms with Gasteiger partial charge < -0.3 is 14.6 Å². The molecule has 1 aromatic rings. The summed E-state index contributed by atoms with van der Waals surface area (Å²) in [6, 6.07) is 2.82. The zero-order valence-corrected chi connectivity index (χ0v) is 9.97. The van der Waals surface area contributed by atoms with Gasteiger partial charge in [-0.05, 0) is 13.0 Å². The van der Waals surface area contributed by atoms with E-state index in [1.165, 1.54) is 26.4 Å². The molecule has 1 rings (SSSR count). The topological polar surface area (TPSA) is 81.8 Å². The van der Waals surface area contributed by atoms with Crippen LogP contribution in [0.25, 0.3) is 0 Å². The Kier molecular flexibility index (Phi) is 4.28. The molecule has 0 aliphatic rings. The lowest BCUT2D eigenvalue weighted by Gasteiger charge is -2.11. The molecule has 0 aromatic heterocycles. The summed E-state index contributed by atoms with van der Waals surface area (Å²) >= 11 is 0. The minimum absolute atomic E-state index is 0.0800. The maximum absolute atomic E-state index is 10.9. The molecular weight excluding hydrogens is 226 g/mol. The molecule has 0 heterocycles. The number of benzene rings is 1. The van der Waals surface area contributed by atoms with Crippen molar-refractivity contribution < 1.29 is 19.5 Å². The van der Waals surface area contributed by atoms with E-state index < -0.39 is 11.0 Å². The van der Waals surface area contributed by atoms with Crippen LogP contribution < -0.4 is 9.47 Å². The smallest absolute Gasteiger partial charge is 0.276 e. The van der Waals surface area contributed by atoms with Crippen molar-refractivity contribution in [1.82, 2.24) is 0 Å². The van der Waals surface area contributed by atoms with E-state index in [4.69, 9.17) is 9.47 Å². The summed E-state index contributed by atoms with van der Waals surface area (Å²) in [5, 5.41) is 20.2. The van der Waals surface area contributed by atoms with Crippen molar-refractivity contribution in [2.24, 2.45) is 0 Å². The van der Waals surface area contributed by atoms with E-state index in [1.807, 2.05) is 0 Å². The summed E-state index contributed by atoms with van der Waals surface area (Å²) in [7, 11) is 2.87. The Hall–Kier alpha value is -1.82. The molecule has 0 saturated carbocycles. The van der Waals surface area contributed by atoms with Gasteiger partial charge in [-0.3, -0.25) is 10.1 Å². The second-order valence-corrected chi connectivity index (χ2v) is 3.65. The van der Waals surface area contributed by atoms with Crippen LogP contribution in [0.3, 0.4) is 0 Å². The van der Waals surface area contributed by atoms with Gasteiger partial charge in [-0.25, -0.2) is 0 Å². The van der Waals surface area contributed by atoms with E-state index in [-0.39, 0.29) is 12.1 Å². The number of hydrogen-bond acceptors (Lipinski definition) is 5. The predicted molar refractivity (Wildman–Crippen MR) is 61.6 cm³/mol. The van der Waals surface area contributed by atoms with E-state index in [1.54, 1.807) is 6.92 Å². The number of ether oxygens (including phenoxy) is 2. The molecule has 1 aromatic carbocycles. The number of aliphatic hydroxyl groups is 1. The summed E-state index contributed by atoms with van der Waals surface area (Å²) in [4.78, 5) is 10.4. The Balaban J connectivity index is 3.29. The first-order valence-electron chi connectivity index (χ1n) is 5.07. The van der Waals surface area contributed by atoms with Gasteiger partial charge in [0.25, 0.3) is 5.69 Å². The summed E-state index contributed by atoms with van der Waals surface area (Å²) in [6.45, 7) is 1.57. The number of nitro benzene ring substituents is 1. The maximum atomic E-state index is 10.9. The third-order valence-corrected chi connectivity index (χ3v) is 2.30. The molecule has 0 saturated heterocycles. The number of aliphatic hydroxyl groups excluding tert-OH is 1. The summed E-state index contributed by atoms with van der Waals surface area (Å²) in [5.41, 5.74) is 0.339. The first-order valence-corrected chi connectivity index (χ1v) is 5.07. The Labute approximate surface area is 98.9 Å². The summed E-state index contributed by atoms with van der Waals surface area (Å²) < 4.78 is 10.1. The SMILES string of the molecule is COc1cc(C[C@@H](C)O)c([N+](=O)[O-])cc1OC. The van der Waals surface area contributed by atoms with Crippen LogP contribution in [0.4, 0.5) is 5.69 Å². The normalized spacial score (nSPS) is 12.0. The predicted octanol–water partition coefficient (Wildman–Crippen LogP) is 1.54. The molecule has 0 bridgehead atoms. The third kappa shape index (κ3) is 3.07. The second kappa shape index (κ2) is 5.49. The molecule has 0 spiro atoms. The standard InChI is InChI=1S/C11H15NO5/c1-7(13)4-8-5-10(16-2)11(17-3)6-9(8)12(14)15/h5-7,13H,4H2,1-3H3/t7-/m1/s1. The minimum atomic E-state index is -0.660. The van der Waals surface area contributed by atoms with Gasteiger partial charge in [-0.15, -0.1) is 0 Å². The van der Waals surface area contributed by atoms with Gasteiger partial charge in [-0.1, -0.05) is 0 Å². The molecule has 1 N–H and O–H groups in total. The molecule has 0 amide bonds. The van der Waals surface area contributed by atoms with Gasteiger partial charge in [0.1, 0.15) is 0 Å². The molecule has 6 heteroatoms. The largest absolute Gasteiger partial charge is 0.493 e. The fourth-order valence-corrected chi connectivity index (χ4v) is 1.56. The van der Waals surface area contributed by atoms with E-state index in [9.17, 15) is 15.2 Å². The fraction of sp³-hybridized carbons (Fsp3) is 0.455. The Bertz CT molecular complexity index is 417. The highest BCUT2D eigenvalue weighted by molar-refractivity contribution is 5.54. The van der Waals surface area contributed by atoms with Crippen LogP contribution in [0.2, 0.25) is 0 Å². The molecule has 0 radical (unpaired) electrons. The van der Waals surface area contributed by atoms with Crippen molar-refractivity contribution in [2.75, 3.05) is 14.2 Å². The quantitative estimate of drug-likeness (QED) is 0.624. The van der Waals surface area contributed by atoms with Crippen LogP contribution in [0.1, 0.15) is 12.5 Å². The number of hydrogen-bond donors (Lipinski definition) is 1. The lowest BCUT2D eigenvalue weighted by atomic mass is 10.1. The maximum Gasteiger partial charge on any atom is 0.276 e. The van der Waals surface area contributed by atoms with Crippen LogP contribution in [-0.4, -0.2) is 30.4 Å². The molecule has 1 atom stereocenters. The number of nitrogens with zero attached hydrogens (tertiary/aromatic N) is 1. The first kappa shape index (κ1) is 13.2. The Morgan fingerprint density at radius 2 is 1.88 bits per heavy atom. The van der Waals surface area contributed by atoms with Crippen molar-refractivity contribution in [3.05, 3.63) is 27.8 Å². The highest BCUT2D eigenvalue weighted by Crippen LogP contribution is 2.34. The van der Waals surface area contributed by atoms with Crippen LogP contribution in [0, 0.1) is 10.1 Å². The molecule has 0 fully saturated rings. The number of rotatable bonds is 5. The lowest BCUT2D eigenvalue weighted by Crippen LogP contribution is -2.07.